The Balaban J connectivity index is 0.00000242. The van der Waals surface area contributed by atoms with Crippen LogP contribution in [0.4, 0.5) is 11.6 Å². The average molecular weight is 338 g/mol. The largest absolute Gasteiger partial charge is 0.368 e. The van der Waals surface area contributed by atoms with Crippen LogP contribution in [0.3, 0.4) is 0 Å². The van der Waals surface area contributed by atoms with Crippen LogP contribution in [-0.2, 0) is 0 Å². The number of hydrogen-bond donors (Lipinski definition) is 3. The molecular formula is C15H20ClN5S. The Hall–Kier alpha value is -1.76. The van der Waals surface area contributed by atoms with E-state index >= 15 is 0 Å². The first kappa shape index (κ1) is 18.3. The molecule has 0 amide bonds. The Morgan fingerprint density at radius 3 is 2.82 bits per heavy atom. The summed E-state index contributed by atoms with van der Waals surface area (Å²) in [5.74, 6) is 0.256. The highest BCUT2D eigenvalue weighted by molar-refractivity contribution is 7.80. The Kier molecular flexibility index (Phi) is 7.17. The van der Waals surface area contributed by atoms with E-state index in [0.717, 1.165) is 29.8 Å². The maximum atomic E-state index is 6.00. The second kappa shape index (κ2) is 8.63. The quantitative estimate of drug-likeness (QED) is 0.727. The topological polar surface area (TPSA) is 89.8 Å². The van der Waals surface area contributed by atoms with Gasteiger partial charge >= 0.3 is 0 Å². The minimum atomic E-state index is -0.122. The van der Waals surface area contributed by atoms with E-state index in [2.05, 4.69) is 22.2 Å². The second-order valence-electron chi connectivity index (χ2n) is 4.77. The van der Waals surface area contributed by atoms with Gasteiger partial charge in [-0.1, -0.05) is 37.7 Å². The molecule has 1 atom stereocenters. The molecule has 0 fully saturated rings. The molecule has 0 saturated carbocycles. The highest BCUT2D eigenvalue weighted by Crippen LogP contribution is 2.21. The van der Waals surface area contributed by atoms with E-state index in [9.17, 15) is 0 Å². The molecule has 1 aromatic heterocycles. The SMILES string of the molecule is CCCC(N)C(=S)Nc1cccc(-c2ccnc(N)n2)c1.Cl. The fourth-order valence-electron chi connectivity index (χ4n) is 1.97. The van der Waals surface area contributed by atoms with Crippen molar-refractivity contribution in [3.05, 3.63) is 36.5 Å². The van der Waals surface area contributed by atoms with Crippen LogP contribution >= 0.6 is 24.6 Å². The molecule has 1 unspecified atom stereocenters. The third-order valence-electron chi connectivity index (χ3n) is 3.04. The minimum absolute atomic E-state index is 0. The van der Waals surface area contributed by atoms with Gasteiger partial charge in [0.25, 0.3) is 0 Å². The van der Waals surface area contributed by atoms with Crippen LogP contribution in [0, 0.1) is 0 Å². The molecule has 5 N–H and O–H groups in total. The summed E-state index contributed by atoms with van der Waals surface area (Å²) in [5, 5.41) is 3.18. The van der Waals surface area contributed by atoms with E-state index in [-0.39, 0.29) is 24.4 Å². The van der Waals surface area contributed by atoms with Gasteiger partial charge in [-0.3, -0.25) is 0 Å². The molecule has 1 aromatic carbocycles. The van der Waals surface area contributed by atoms with Gasteiger partial charge in [0.2, 0.25) is 5.95 Å². The van der Waals surface area contributed by atoms with Crippen molar-refractivity contribution in [1.29, 1.82) is 0 Å². The zero-order valence-corrected chi connectivity index (χ0v) is 14.0. The average Bonchev–Trinajstić information content (AvgIpc) is 2.48. The Labute approximate surface area is 141 Å². The Morgan fingerprint density at radius 2 is 2.14 bits per heavy atom. The summed E-state index contributed by atoms with van der Waals surface area (Å²) < 4.78 is 0. The first-order chi connectivity index (χ1) is 10.1. The maximum absolute atomic E-state index is 6.00. The number of nitrogens with one attached hydrogen (secondary N) is 1. The summed E-state index contributed by atoms with van der Waals surface area (Å²) in [6.07, 6.45) is 3.51. The lowest BCUT2D eigenvalue weighted by Gasteiger charge is -2.15. The third kappa shape index (κ3) is 4.91. The lowest BCUT2D eigenvalue weighted by Crippen LogP contribution is -2.33. The smallest absolute Gasteiger partial charge is 0.220 e. The van der Waals surface area contributed by atoms with Crippen LogP contribution in [0.15, 0.2) is 36.5 Å². The summed E-state index contributed by atoms with van der Waals surface area (Å²) in [6.45, 7) is 2.09. The van der Waals surface area contributed by atoms with Gasteiger partial charge < -0.3 is 16.8 Å². The van der Waals surface area contributed by atoms with Crippen molar-refractivity contribution in [3.8, 4) is 11.3 Å². The summed E-state index contributed by atoms with van der Waals surface area (Å²) in [4.78, 5) is 8.75. The number of halogens is 1. The van der Waals surface area contributed by atoms with Gasteiger partial charge in [-0.05, 0) is 24.6 Å². The van der Waals surface area contributed by atoms with Gasteiger partial charge in [0.15, 0.2) is 0 Å². The zero-order chi connectivity index (χ0) is 15.2. The van der Waals surface area contributed by atoms with Crippen LogP contribution in [0.25, 0.3) is 11.3 Å². The van der Waals surface area contributed by atoms with Crippen LogP contribution in [-0.4, -0.2) is 21.0 Å². The lowest BCUT2D eigenvalue weighted by atomic mass is 10.1. The molecule has 0 bridgehead atoms. The maximum Gasteiger partial charge on any atom is 0.220 e. The Morgan fingerprint density at radius 1 is 1.36 bits per heavy atom. The summed E-state index contributed by atoms with van der Waals surface area (Å²) in [6, 6.07) is 9.50. The number of hydrogen-bond acceptors (Lipinski definition) is 5. The van der Waals surface area contributed by atoms with Crippen LogP contribution < -0.4 is 16.8 Å². The fraction of sp³-hybridized carbons (Fsp3) is 0.267. The van der Waals surface area contributed by atoms with Crippen molar-refractivity contribution in [2.75, 3.05) is 11.1 Å². The zero-order valence-electron chi connectivity index (χ0n) is 12.3. The third-order valence-corrected chi connectivity index (χ3v) is 3.44. The molecule has 0 aliphatic heterocycles. The van der Waals surface area contributed by atoms with Gasteiger partial charge in [0, 0.05) is 17.4 Å². The van der Waals surface area contributed by atoms with E-state index in [1.165, 1.54) is 0 Å². The van der Waals surface area contributed by atoms with E-state index < -0.39 is 0 Å². The molecule has 2 rings (SSSR count). The molecule has 7 heteroatoms. The highest BCUT2D eigenvalue weighted by Gasteiger charge is 2.09. The number of benzene rings is 1. The Bertz CT molecular complexity index is 635. The first-order valence-electron chi connectivity index (χ1n) is 6.85. The summed E-state index contributed by atoms with van der Waals surface area (Å²) in [5.41, 5.74) is 14.2. The molecular weight excluding hydrogens is 318 g/mol. The van der Waals surface area contributed by atoms with Gasteiger partial charge in [-0.25, -0.2) is 9.97 Å². The first-order valence-corrected chi connectivity index (χ1v) is 7.26. The van der Waals surface area contributed by atoms with Crippen LogP contribution in [0.2, 0.25) is 0 Å². The standard InChI is InChI=1S/C15H19N5S.ClH/c1-2-4-12(16)14(21)19-11-6-3-5-10(9-11)13-7-8-18-15(17)20-13;/h3,5-9,12H,2,4,16H2,1H3,(H,19,21)(H2,17,18,20);1H. The number of aromatic nitrogens is 2. The molecule has 1 heterocycles. The molecule has 2 aromatic rings. The fourth-order valence-corrected chi connectivity index (χ4v) is 2.20. The van der Waals surface area contributed by atoms with Crippen molar-refractivity contribution in [3.63, 3.8) is 0 Å². The number of nitrogens with zero attached hydrogens (tertiary/aromatic N) is 2. The molecule has 0 spiro atoms. The van der Waals surface area contributed by atoms with Gasteiger partial charge in [-0.15, -0.1) is 12.4 Å². The van der Waals surface area contributed by atoms with Crippen LogP contribution in [0.5, 0.6) is 0 Å². The normalized spacial score (nSPS) is 11.4. The summed E-state index contributed by atoms with van der Waals surface area (Å²) >= 11 is 5.32. The van der Waals surface area contributed by atoms with Crippen molar-refractivity contribution in [2.45, 2.75) is 25.8 Å². The highest BCUT2D eigenvalue weighted by atomic mass is 35.5. The second-order valence-corrected chi connectivity index (χ2v) is 5.21. The minimum Gasteiger partial charge on any atom is -0.368 e. The van der Waals surface area contributed by atoms with Crippen molar-refractivity contribution < 1.29 is 0 Å². The van der Waals surface area contributed by atoms with E-state index in [0.29, 0.717) is 4.99 Å². The molecule has 5 nitrogen and oxygen atoms in total. The number of rotatable bonds is 5. The number of anilines is 2. The molecule has 0 saturated heterocycles. The lowest BCUT2D eigenvalue weighted by molar-refractivity contribution is 0.736. The number of nitrogens with two attached hydrogens (primary N) is 2. The van der Waals surface area contributed by atoms with Crippen molar-refractivity contribution in [2.24, 2.45) is 5.73 Å². The predicted molar refractivity (Wildman–Crippen MR) is 98.2 cm³/mol. The van der Waals surface area contributed by atoms with E-state index in [1.54, 1.807) is 6.20 Å². The number of thiocarbonyl (C=S) groups is 1. The number of nitrogen functional groups attached to an aromatic ring is 1. The van der Waals surface area contributed by atoms with Gasteiger partial charge in [0.1, 0.15) is 0 Å². The van der Waals surface area contributed by atoms with Crippen molar-refractivity contribution >= 4 is 41.2 Å². The predicted octanol–water partition coefficient (Wildman–Crippen LogP) is 3.01. The molecule has 22 heavy (non-hydrogen) atoms. The van der Waals surface area contributed by atoms with Gasteiger partial charge in [-0.2, -0.15) is 0 Å². The summed E-state index contributed by atoms with van der Waals surface area (Å²) in [7, 11) is 0. The molecule has 0 radical (unpaired) electrons. The molecule has 0 aliphatic carbocycles. The van der Waals surface area contributed by atoms with E-state index in [1.807, 2.05) is 30.3 Å². The molecule has 0 aliphatic rings. The monoisotopic (exact) mass is 337 g/mol. The van der Waals surface area contributed by atoms with Crippen molar-refractivity contribution in [1.82, 2.24) is 9.97 Å². The van der Waals surface area contributed by atoms with Gasteiger partial charge in [0.05, 0.1) is 16.7 Å². The van der Waals surface area contributed by atoms with E-state index in [4.69, 9.17) is 23.7 Å². The van der Waals surface area contributed by atoms with Crippen LogP contribution in [0.1, 0.15) is 19.8 Å². The molecule has 118 valence electrons.